The first-order valence-electron chi connectivity index (χ1n) is 8.54. The Kier molecular flexibility index (Phi) is 8.11. The molecular weight excluding hydrogens is 318 g/mol. The maximum Gasteiger partial charge on any atom is 0.277 e. The summed E-state index contributed by atoms with van der Waals surface area (Å²) < 4.78 is 5.46. The van der Waals surface area contributed by atoms with Crippen molar-refractivity contribution in [3.8, 4) is 5.75 Å². The highest BCUT2D eigenvalue weighted by molar-refractivity contribution is 6.00. The van der Waals surface area contributed by atoms with E-state index < -0.39 is 0 Å². The zero-order chi connectivity index (χ0) is 19.0. The van der Waals surface area contributed by atoms with Crippen molar-refractivity contribution < 1.29 is 14.3 Å². The van der Waals surface area contributed by atoms with Gasteiger partial charge in [0.2, 0.25) is 5.91 Å². The van der Waals surface area contributed by atoms with Crippen molar-refractivity contribution in [2.24, 2.45) is 5.10 Å². The van der Waals surface area contributed by atoms with Gasteiger partial charge in [0.25, 0.3) is 5.91 Å². The molecule has 0 unspecified atom stereocenters. The number of nitrogens with one attached hydrogen (secondary N) is 1. The first kappa shape index (κ1) is 20.7. The van der Waals surface area contributed by atoms with E-state index in [0.29, 0.717) is 11.5 Å². The number of hydrazone groups is 1. The molecule has 0 radical (unpaired) electrons. The number of benzene rings is 1. The number of rotatable bonds is 8. The topological polar surface area (TPSA) is 71.0 Å². The van der Waals surface area contributed by atoms with E-state index in [4.69, 9.17) is 4.74 Å². The third kappa shape index (κ3) is 6.95. The third-order valence-corrected chi connectivity index (χ3v) is 3.63. The fourth-order valence-electron chi connectivity index (χ4n) is 2.57. The number of amides is 2. The number of aryl methyl sites for hydroxylation is 1. The van der Waals surface area contributed by atoms with E-state index in [1.54, 1.807) is 6.92 Å². The van der Waals surface area contributed by atoms with Gasteiger partial charge in [0.05, 0.1) is 6.42 Å². The van der Waals surface area contributed by atoms with Crippen molar-refractivity contribution in [1.82, 2.24) is 10.3 Å². The molecule has 0 heterocycles. The van der Waals surface area contributed by atoms with E-state index in [1.807, 2.05) is 63.8 Å². The molecule has 0 aromatic heterocycles. The second-order valence-corrected chi connectivity index (χ2v) is 6.60. The Labute approximate surface area is 150 Å². The molecule has 0 atom stereocenters. The highest BCUT2D eigenvalue weighted by Gasteiger charge is 2.20. The van der Waals surface area contributed by atoms with Crippen LogP contribution in [-0.2, 0) is 9.59 Å². The van der Waals surface area contributed by atoms with Gasteiger partial charge in [0.1, 0.15) is 5.75 Å². The van der Waals surface area contributed by atoms with Crippen LogP contribution in [0.3, 0.4) is 0 Å². The summed E-state index contributed by atoms with van der Waals surface area (Å²) in [6.45, 7) is 11.4. The summed E-state index contributed by atoms with van der Waals surface area (Å²) in [7, 11) is 0. The molecule has 0 aliphatic rings. The first-order valence-corrected chi connectivity index (χ1v) is 8.54. The van der Waals surface area contributed by atoms with Crippen LogP contribution in [0.5, 0.6) is 5.75 Å². The number of hydrogen-bond acceptors (Lipinski definition) is 4. The number of para-hydroxylation sites is 1. The molecule has 0 aliphatic carbocycles. The normalized spacial score (nSPS) is 11.6. The molecule has 0 bridgehead atoms. The van der Waals surface area contributed by atoms with Crippen LogP contribution in [-0.4, -0.2) is 41.1 Å². The smallest absolute Gasteiger partial charge is 0.277 e. The number of carbonyl (C=O) groups is 2. The summed E-state index contributed by atoms with van der Waals surface area (Å²) in [5.41, 5.74) is 3.95. The average molecular weight is 347 g/mol. The molecule has 1 aromatic carbocycles. The SMILES string of the molecule is C/C(CC(=O)N(C(C)C)C(C)C)=N\NC(=O)COc1ccccc1C. The lowest BCUT2D eigenvalue weighted by atomic mass is 10.2. The Balaban J connectivity index is 2.50. The monoisotopic (exact) mass is 347 g/mol. The van der Waals surface area contributed by atoms with Crippen LogP contribution in [0.25, 0.3) is 0 Å². The Morgan fingerprint density at radius 3 is 2.32 bits per heavy atom. The van der Waals surface area contributed by atoms with Crippen LogP contribution in [0.15, 0.2) is 29.4 Å². The molecule has 0 saturated carbocycles. The van der Waals surface area contributed by atoms with E-state index in [9.17, 15) is 9.59 Å². The molecule has 1 aromatic rings. The molecule has 0 spiro atoms. The number of hydrogen-bond donors (Lipinski definition) is 1. The highest BCUT2D eigenvalue weighted by Crippen LogP contribution is 2.15. The van der Waals surface area contributed by atoms with Gasteiger partial charge < -0.3 is 9.64 Å². The fourth-order valence-corrected chi connectivity index (χ4v) is 2.57. The van der Waals surface area contributed by atoms with E-state index in [2.05, 4.69) is 10.5 Å². The summed E-state index contributed by atoms with van der Waals surface area (Å²) in [6.07, 6.45) is 0.176. The predicted molar refractivity (Wildman–Crippen MR) is 99.7 cm³/mol. The largest absolute Gasteiger partial charge is 0.483 e. The van der Waals surface area contributed by atoms with Crippen LogP contribution in [0.1, 0.15) is 46.6 Å². The minimum absolute atomic E-state index is 0.00309. The Morgan fingerprint density at radius 2 is 1.76 bits per heavy atom. The number of carbonyl (C=O) groups excluding carboxylic acids is 2. The van der Waals surface area contributed by atoms with Gasteiger partial charge >= 0.3 is 0 Å². The van der Waals surface area contributed by atoms with Gasteiger partial charge in [0.15, 0.2) is 6.61 Å². The van der Waals surface area contributed by atoms with Crippen LogP contribution < -0.4 is 10.2 Å². The molecule has 138 valence electrons. The molecule has 0 fully saturated rings. The standard InChI is InChI=1S/C19H29N3O3/c1-13(2)22(14(3)4)19(24)11-16(6)20-21-18(23)12-25-17-10-8-7-9-15(17)5/h7-10,13-14H,11-12H2,1-6H3,(H,21,23)/b20-16+. The minimum Gasteiger partial charge on any atom is -0.483 e. The summed E-state index contributed by atoms with van der Waals surface area (Å²) in [5, 5.41) is 3.99. The maximum atomic E-state index is 12.3. The lowest BCUT2D eigenvalue weighted by Crippen LogP contribution is -2.42. The maximum absolute atomic E-state index is 12.3. The van der Waals surface area contributed by atoms with Crippen molar-refractivity contribution in [3.63, 3.8) is 0 Å². The molecular formula is C19H29N3O3. The van der Waals surface area contributed by atoms with Gasteiger partial charge in [-0.05, 0) is 53.2 Å². The predicted octanol–water partition coefficient (Wildman–Crippen LogP) is 2.90. The van der Waals surface area contributed by atoms with E-state index in [-0.39, 0.29) is 36.9 Å². The van der Waals surface area contributed by atoms with Gasteiger partial charge in [-0.3, -0.25) is 9.59 Å². The van der Waals surface area contributed by atoms with Gasteiger partial charge in [-0.2, -0.15) is 5.10 Å². The summed E-state index contributed by atoms with van der Waals surface area (Å²) in [6, 6.07) is 7.72. The summed E-state index contributed by atoms with van der Waals surface area (Å²) >= 11 is 0. The average Bonchev–Trinajstić information content (AvgIpc) is 2.51. The molecule has 0 saturated heterocycles. The number of ether oxygens (including phenoxy) is 1. The second-order valence-electron chi connectivity index (χ2n) is 6.60. The Bertz CT molecular complexity index is 616. The Morgan fingerprint density at radius 1 is 1.16 bits per heavy atom. The molecule has 6 nitrogen and oxygen atoms in total. The fraction of sp³-hybridized carbons (Fsp3) is 0.526. The van der Waals surface area contributed by atoms with Crippen molar-refractivity contribution in [3.05, 3.63) is 29.8 Å². The highest BCUT2D eigenvalue weighted by atomic mass is 16.5. The lowest BCUT2D eigenvalue weighted by Gasteiger charge is -2.30. The van der Waals surface area contributed by atoms with Gasteiger partial charge in [0, 0.05) is 17.8 Å². The number of nitrogens with zero attached hydrogens (tertiary/aromatic N) is 2. The zero-order valence-electron chi connectivity index (χ0n) is 16.0. The third-order valence-electron chi connectivity index (χ3n) is 3.63. The zero-order valence-corrected chi connectivity index (χ0v) is 16.0. The van der Waals surface area contributed by atoms with E-state index in [0.717, 1.165) is 5.56 Å². The lowest BCUT2D eigenvalue weighted by molar-refractivity contribution is -0.133. The van der Waals surface area contributed by atoms with Gasteiger partial charge in [-0.15, -0.1) is 0 Å². The minimum atomic E-state index is -0.361. The van der Waals surface area contributed by atoms with Crippen molar-refractivity contribution >= 4 is 17.5 Å². The summed E-state index contributed by atoms with van der Waals surface area (Å²) in [4.78, 5) is 26.0. The van der Waals surface area contributed by atoms with Crippen LogP contribution in [0.2, 0.25) is 0 Å². The molecule has 25 heavy (non-hydrogen) atoms. The van der Waals surface area contributed by atoms with Crippen molar-refractivity contribution in [1.29, 1.82) is 0 Å². The molecule has 2 amide bonds. The van der Waals surface area contributed by atoms with Gasteiger partial charge in [-0.1, -0.05) is 18.2 Å². The van der Waals surface area contributed by atoms with Crippen molar-refractivity contribution in [2.75, 3.05) is 6.61 Å². The van der Waals surface area contributed by atoms with E-state index >= 15 is 0 Å². The first-order chi connectivity index (χ1) is 11.7. The summed E-state index contributed by atoms with van der Waals surface area (Å²) in [5.74, 6) is 0.300. The van der Waals surface area contributed by atoms with Crippen LogP contribution in [0, 0.1) is 6.92 Å². The quantitative estimate of drug-likeness (QED) is 0.580. The van der Waals surface area contributed by atoms with Crippen LogP contribution >= 0.6 is 0 Å². The molecule has 0 aliphatic heterocycles. The van der Waals surface area contributed by atoms with Gasteiger partial charge in [-0.25, -0.2) is 5.43 Å². The van der Waals surface area contributed by atoms with Crippen LogP contribution in [0.4, 0.5) is 0 Å². The molecule has 1 rings (SSSR count). The second kappa shape index (κ2) is 9.81. The molecule has 6 heteroatoms. The van der Waals surface area contributed by atoms with Crippen molar-refractivity contribution in [2.45, 2.75) is 60.0 Å². The Hall–Kier alpha value is -2.37. The molecule has 1 N–H and O–H groups in total. The van der Waals surface area contributed by atoms with E-state index in [1.165, 1.54) is 0 Å².